The molecular formula is C8H12N6O. The van der Waals surface area contributed by atoms with Gasteiger partial charge in [-0.3, -0.25) is 4.79 Å². The quantitative estimate of drug-likeness (QED) is 0.577. The first-order valence-corrected chi connectivity index (χ1v) is 4.41. The number of amides is 1. The number of aryl methyl sites for hydroxylation is 1. The van der Waals surface area contributed by atoms with Crippen molar-refractivity contribution in [2.45, 2.75) is 6.54 Å². The van der Waals surface area contributed by atoms with Crippen LogP contribution in [0.2, 0.25) is 0 Å². The predicted octanol–water partition coefficient (Wildman–Crippen LogP) is -1.46. The minimum absolute atomic E-state index is 0.0322. The second-order valence-electron chi connectivity index (χ2n) is 2.90. The Labute approximate surface area is 87.1 Å². The van der Waals surface area contributed by atoms with Crippen LogP contribution in [0.5, 0.6) is 0 Å². The summed E-state index contributed by atoms with van der Waals surface area (Å²) >= 11 is 0. The number of rotatable bonds is 5. The van der Waals surface area contributed by atoms with Crippen LogP contribution in [0.4, 0.5) is 0 Å². The number of carbonyl (C=O) groups is 1. The fourth-order valence-electron chi connectivity index (χ4n) is 0.956. The Morgan fingerprint density at radius 3 is 3.13 bits per heavy atom. The number of nitrogens with one attached hydrogen (secondary N) is 2. The normalized spacial score (nSPS) is 9.60. The molecule has 1 aromatic heterocycles. The van der Waals surface area contributed by atoms with Gasteiger partial charge in [-0.2, -0.15) is 5.26 Å². The fourth-order valence-corrected chi connectivity index (χ4v) is 0.956. The average molecular weight is 208 g/mol. The molecular weight excluding hydrogens is 196 g/mol. The first kappa shape index (κ1) is 11.1. The maximum Gasteiger partial charge on any atom is 0.234 e. The van der Waals surface area contributed by atoms with Gasteiger partial charge in [0.2, 0.25) is 5.91 Å². The summed E-state index contributed by atoms with van der Waals surface area (Å²) in [7, 11) is 1.83. The summed E-state index contributed by atoms with van der Waals surface area (Å²) in [5.41, 5.74) is 0. The average Bonchev–Trinajstić information content (AvgIpc) is 2.61. The van der Waals surface area contributed by atoms with Crippen LogP contribution in [0.25, 0.3) is 0 Å². The van der Waals surface area contributed by atoms with E-state index in [-0.39, 0.29) is 19.0 Å². The summed E-state index contributed by atoms with van der Waals surface area (Å²) in [6.45, 7) is 0.662. The van der Waals surface area contributed by atoms with Crippen molar-refractivity contribution in [2.24, 2.45) is 7.05 Å². The lowest BCUT2D eigenvalue weighted by molar-refractivity contribution is -0.120. The van der Waals surface area contributed by atoms with E-state index in [2.05, 4.69) is 20.8 Å². The molecule has 0 fully saturated rings. The van der Waals surface area contributed by atoms with Crippen LogP contribution in [0.3, 0.4) is 0 Å². The van der Waals surface area contributed by atoms with Crippen LogP contribution in [-0.2, 0) is 18.4 Å². The molecule has 0 unspecified atom stereocenters. The van der Waals surface area contributed by atoms with E-state index in [1.807, 2.05) is 13.1 Å². The maximum atomic E-state index is 11.0. The van der Waals surface area contributed by atoms with E-state index in [4.69, 9.17) is 5.26 Å². The third-order valence-corrected chi connectivity index (χ3v) is 1.74. The van der Waals surface area contributed by atoms with E-state index in [1.165, 1.54) is 0 Å². The number of aromatic nitrogens is 3. The summed E-state index contributed by atoms with van der Waals surface area (Å²) in [5.74, 6) is 0.543. The summed E-state index contributed by atoms with van der Waals surface area (Å²) in [4.78, 5) is 11.0. The van der Waals surface area contributed by atoms with Crippen molar-refractivity contribution >= 4 is 5.91 Å². The van der Waals surface area contributed by atoms with Crippen LogP contribution >= 0.6 is 0 Å². The van der Waals surface area contributed by atoms with Crippen molar-refractivity contribution < 1.29 is 4.79 Å². The molecule has 0 saturated carbocycles. The molecule has 80 valence electrons. The molecule has 0 bridgehead atoms. The first-order chi connectivity index (χ1) is 7.24. The molecule has 0 aromatic carbocycles. The highest BCUT2D eigenvalue weighted by molar-refractivity contribution is 5.78. The van der Waals surface area contributed by atoms with Gasteiger partial charge < -0.3 is 15.2 Å². The van der Waals surface area contributed by atoms with Crippen molar-refractivity contribution in [1.29, 1.82) is 5.26 Å². The number of hydrogen-bond acceptors (Lipinski definition) is 5. The van der Waals surface area contributed by atoms with Gasteiger partial charge in [-0.05, 0) is 0 Å². The molecule has 1 rings (SSSR count). The zero-order chi connectivity index (χ0) is 11.1. The topological polar surface area (TPSA) is 95.6 Å². The molecule has 1 aromatic rings. The Morgan fingerprint density at radius 1 is 1.73 bits per heavy atom. The van der Waals surface area contributed by atoms with Crippen molar-refractivity contribution in [3.8, 4) is 6.07 Å². The SMILES string of the molecule is Cn1cnnc1CNCC(=O)NCC#N. The third kappa shape index (κ3) is 3.74. The van der Waals surface area contributed by atoms with Gasteiger partial charge in [0, 0.05) is 7.05 Å². The highest BCUT2D eigenvalue weighted by Crippen LogP contribution is 1.88. The van der Waals surface area contributed by atoms with E-state index in [9.17, 15) is 4.79 Å². The minimum Gasteiger partial charge on any atom is -0.342 e. The van der Waals surface area contributed by atoms with E-state index >= 15 is 0 Å². The molecule has 0 aliphatic heterocycles. The summed E-state index contributed by atoms with van der Waals surface area (Å²) in [6.07, 6.45) is 1.59. The molecule has 0 radical (unpaired) electrons. The number of carbonyl (C=O) groups excluding carboxylic acids is 1. The van der Waals surface area contributed by atoms with Gasteiger partial charge >= 0.3 is 0 Å². The molecule has 2 N–H and O–H groups in total. The lowest BCUT2D eigenvalue weighted by Crippen LogP contribution is -2.34. The second kappa shape index (κ2) is 5.72. The lowest BCUT2D eigenvalue weighted by atomic mass is 10.5. The standard InChI is InChI=1S/C8H12N6O/c1-14-6-12-13-7(14)4-10-5-8(15)11-3-2-9/h6,10H,3-5H2,1H3,(H,11,15). The highest BCUT2D eigenvalue weighted by Gasteiger charge is 2.02. The first-order valence-electron chi connectivity index (χ1n) is 4.41. The number of nitrogens with zero attached hydrogens (tertiary/aromatic N) is 4. The van der Waals surface area contributed by atoms with Crippen LogP contribution < -0.4 is 10.6 Å². The maximum absolute atomic E-state index is 11.0. The summed E-state index contributed by atoms with van der Waals surface area (Å²) < 4.78 is 1.76. The largest absolute Gasteiger partial charge is 0.342 e. The minimum atomic E-state index is -0.210. The van der Waals surface area contributed by atoms with Gasteiger partial charge in [-0.1, -0.05) is 0 Å². The number of hydrogen-bond donors (Lipinski definition) is 2. The highest BCUT2D eigenvalue weighted by atomic mass is 16.1. The van der Waals surface area contributed by atoms with Crippen LogP contribution in [-0.4, -0.2) is 33.8 Å². The molecule has 1 amide bonds. The van der Waals surface area contributed by atoms with Gasteiger partial charge in [0.1, 0.15) is 18.7 Å². The predicted molar refractivity (Wildman–Crippen MR) is 51.3 cm³/mol. The number of nitriles is 1. The second-order valence-corrected chi connectivity index (χ2v) is 2.90. The molecule has 1 heterocycles. The third-order valence-electron chi connectivity index (χ3n) is 1.74. The van der Waals surface area contributed by atoms with Gasteiger partial charge in [-0.25, -0.2) is 0 Å². The molecule has 0 aliphatic rings. The van der Waals surface area contributed by atoms with Gasteiger partial charge in [0.25, 0.3) is 0 Å². The fraction of sp³-hybridized carbons (Fsp3) is 0.500. The van der Waals surface area contributed by atoms with Gasteiger partial charge in [0.15, 0.2) is 0 Å². The Bertz CT molecular complexity index is 365. The molecule has 0 aliphatic carbocycles. The van der Waals surface area contributed by atoms with Crippen molar-refractivity contribution in [2.75, 3.05) is 13.1 Å². The van der Waals surface area contributed by atoms with E-state index in [0.29, 0.717) is 6.54 Å². The van der Waals surface area contributed by atoms with Crippen LogP contribution in [0.1, 0.15) is 5.82 Å². The summed E-state index contributed by atoms with van der Waals surface area (Å²) in [5, 5.41) is 21.1. The molecule has 15 heavy (non-hydrogen) atoms. The molecule has 0 saturated heterocycles. The lowest BCUT2D eigenvalue weighted by Gasteiger charge is -2.03. The molecule has 0 spiro atoms. The Hall–Kier alpha value is -1.94. The summed E-state index contributed by atoms with van der Waals surface area (Å²) in [6, 6.07) is 1.83. The molecule has 7 nitrogen and oxygen atoms in total. The van der Waals surface area contributed by atoms with Crippen molar-refractivity contribution in [1.82, 2.24) is 25.4 Å². The zero-order valence-electron chi connectivity index (χ0n) is 8.40. The van der Waals surface area contributed by atoms with E-state index < -0.39 is 0 Å². The van der Waals surface area contributed by atoms with Crippen LogP contribution in [0.15, 0.2) is 6.33 Å². The Kier molecular flexibility index (Phi) is 4.25. The van der Waals surface area contributed by atoms with Crippen molar-refractivity contribution in [3.05, 3.63) is 12.2 Å². The van der Waals surface area contributed by atoms with Crippen LogP contribution in [0, 0.1) is 11.3 Å². The zero-order valence-corrected chi connectivity index (χ0v) is 8.40. The Morgan fingerprint density at radius 2 is 2.53 bits per heavy atom. The molecule has 7 heteroatoms. The monoisotopic (exact) mass is 208 g/mol. The smallest absolute Gasteiger partial charge is 0.234 e. The van der Waals surface area contributed by atoms with Gasteiger partial charge in [-0.15, -0.1) is 10.2 Å². The van der Waals surface area contributed by atoms with E-state index in [0.717, 1.165) is 5.82 Å². The Balaban J connectivity index is 2.20. The molecule has 0 atom stereocenters. The van der Waals surface area contributed by atoms with E-state index in [1.54, 1.807) is 10.9 Å². The van der Waals surface area contributed by atoms with Gasteiger partial charge in [0.05, 0.1) is 19.2 Å². The van der Waals surface area contributed by atoms with Crippen molar-refractivity contribution in [3.63, 3.8) is 0 Å².